The van der Waals surface area contributed by atoms with Gasteiger partial charge in [0.05, 0.1) is 12.2 Å². The van der Waals surface area contributed by atoms with Gasteiger partial charge in [-0.2, -0.15) is 0 Å². The first-order valence-electron chi connectivity index (χ1n) is 7.00. The Bertz CT molecular complexity index is 471. The number of nitrogens with two attached hydrogens (primary N) is 1. The van der Waals surface area contributed by atoms with Crippen LogP contribution in [0, 0.1) is 0 Å². The summed E-state index contributed by atoms with van der Waals surface area (Å²) in [6, 6.07) is 2.87. The number of rotatable bonds is 9. The third-order valence-electron chi connectivity index (χ3n) is 3.02. The fourth-order valence-corrected chi connectivity index (χ4v) is 1.99. The van der Waals surface area contributed by atoms with Crippen LogP contribution in [0.5, 0.6) is 0 Å². The average molecular weight is 281 g/mol. The Balaban J connectivity index is 2.65. The summed E-state index contributed by atoms with van der Waals surface area (Å²) in [6.45, 7) is 0.786. The maximum atomic E-state index is 11.9. The second-order valence-corrected chi connectivity index (χ2v) is 4.65. The van der Waals surface area contributed by atoms with Crippen molar-refractivity contribution in [3.63, 3.8) is 0 Å². The number of carbonyl (C=O) groups excluding carboxylic acids is 1. The van der Waals surface area contributed by atoms with E-state index >= 15 is 0 Å². The first-order chi connectivity index (χ1) is 9.69. The third-order valence-corrected chi connectivity index (χ3v) is 3.02. The van der Waals surface area contributed by atoms with Crippen LogP contribution in [-0.4, -0.2) is 35.7 Å². The number of hydrogen-bond acceptors (Lipinski definition) is 4. The molecule has 5 N–H and O–H groups in total. The van der Waals surface area contributed by atoms with Crippen LogP contribution < -0.4 is 16.6 Å². The molecule has 20 heavy (non-hydrogen) atoms. The highest BCUT2D eigenvalue weighted by Crippen LogP contribution is 2.09. The van der Waals surface area contributed by atoms with Crippen LogP contribution in [0.3, 0.4) is 0 Å². The van der Waals surface area contributed by atoms with Crippen LogP contribution in [0.2, 0.25) is 0 Å². The molecule has 1 aromatic rings. The lowest BCUT2D eigenvalue weighted by Gasteiger charge is -2.09. The predicted molar refractivity (Wildman–Crippen MR) is 77.7 cm³/mol. The molecule has 1 heterocycles. The number of carbonyl (C=O) groups is 1. The molecule has 0 fully saturated rings. The van der Waals surface area contributed by atoms with E-state index in [0.29, 0.717) is 24.2 Å². The molecule has 0 aliphatic carbocycles. The zero-order valence-corrected chi connectivity index (χ0v) is 11.7. The summed E-state index contributed by atoms with van der Waals surface area (Å²) in [4.78, 5) is 26.0. The van der Waals surface area contributed by atoms with Gasteiger partial charge in [-0.1, -0.05) is 12.8 Å². The first-order valence-corrected chi connectivity index (χ1v) is 7.00. The summed E-state index contributed by atoms with van der Waals surface area (Å²) in [5, 5.41) is 11.3. The molecule has 0 unspecified atom stereocenters. The quantitative estimate of drug-likeness (QED) is 0.483. The van der Waals surface area contributed by atoms with Gasteiger partial charge in [-0.15, -0.1) is 0 Å². The molecule has 1 amide bonds. The topological polar surface area (TPSA) is 108 Å². The monoisotopic (exact) mass is 281 g/mol. The molecule has 0 spiro atoms. The molecule has 0 bridgehead atoms. The Morgan fingerprint density at radius 2 is 2.00 bits per heavy atom. The largest absolute Gasteiger partial charge is 0.395 e. The zero-order chi connectivity index (χ0) is 14.8. The zero-order valence-electron chi connectivity index (χ0n) is 11.7. The standard InChI is InChI=1S/C14H23N3O3/c15-8-4-2-1-3-5-12-11(6-7-13(19)17-12)14(20)16-9-10-18/h6-7,18H,1-5,8-10,15H2,(H,16,20)(H,17,19). The highest BCUT2D eigenvalue weighted by molar-refractivity contribution is 5.95. The van der Waals surface area contributed by atoms with Gasteiger partial charge in [0.15, 0.2) is 0 Å². The Morgan fingerprint density at radius 1 is 1.25 bits per heavy atom. The average Bonchev–Trinajstić information content (AvgIpc) is 2.44. The SMILES string of the molecule is NCCCCCCc1[nH]c(=O)ccc1C(=O)NCCO. The number of hydrogen-bond donors (Lipinski definition) is 4. The van der Waals surface area contributed by atoms with E-state index in [9.17, 15) is 9.59 Å². The Hall–Kier alpha value is -1.66. The maximum Gasteiger partial charge on any atom is 0.253 e. The first kappa shape index (κ1) is 16.4. The van der Waals surface area contributed by atoms with Gasteiger partial charge in [-0.25, -0.2) is 0 Å². The molecule has 6 nitrogen and oxygen atoms in total. The summed E-state index contributed by atoms with van der Waals surface area (Å²) in [6.07, 6.45) is 4.63. The molecule has 0 aliphatic rings. The van der Waals surface area contributed by atoms with Gasteiger partial charge >= 0.3 is 0 Å². The molecule has 0 atom stereocenters. The normalized spacial score (nSPS) is 10.5. The Morgan fingerprint density at radius 3 is 2.70 bits per heavy atom. The predicted octanol–water partition coefficient (Wildman–Crippen LogP) is 0.159. The fraction of sp³-hybridized carbons (Fsp3) is 0.571. The second-order valence-electron chi connectivity index (χ2n) is 4.65. The molecular weight excluding hydrogens is 258 g/mol. The lowest BCUT2D eigenvalue weighted by atomic mass is 10.1. The number of aryl methyl sites for hydroxylation is 1. The molecule has 0 saturated carbocycles. The minimum absolute atomic E-state index is 0.108. The van der Waals surface area contributed by atoms with Gasteiger partial charge < -0.3 is 21.1 Å². The molecule has 6 heteroatoms. The highest BCUT2D eigenvalue weighted by Gasteiger charge is 2.11. The Kier molecular flexibility index (Phi) is 7.60. The number of H-pyrrole nitrogens is 1. The van der Waals surface area contributed by atoms with Crippen LogP contribution in [0.25, 0.3) is 0 Å². The van der Waals surface area contributed by atoms with Crippen molar-refractivity contribution in [2.45, 2.75) is 32.1 Å². The van der Waals surface area contributed by atoms with Crippen LogP contribution >= 0.6 is 0 Å². The van der Waals surface area contributed by atoms with Gasteiger partial charge in [0.25, 0.3) is 5.91 Å². The number of aliphatic hydroxyl groups is 1. The molecular formula is C14H23N3O3. The van der Waals surface area contributed by atoms with Crippen molar-refractivity contribution < 1.29 is 9.90 Å². The third kappa shape index (κ3) is 5.54. The van der Waals surface area contributed by atoms with E-state index < -0.39 is 0 Å². The summed E-state index contributed by atoms with van der Waals surface area (Å²) in [5.41, 5.74) is 6.35. The van der Waals surface area contributed by atoms with Crippen molar-refractivity contribution >= 4 is 5.91 Å². The number of aliphatic hydroxyl groups excluding tert-OH is 1. The number of nitrogens with one attached hydrogen (secondary N) is 2. The maximum absolute atomic E-state index is 11.9. The van der Waals surface area contributed by atoms with Crippen molar-refractivity contribution in [2.24, 2.45) is 5.73 Å². The van der Waals surface area contributed by atoms with E-state index in [4.69, 9.17) is 10.8 Å². The summed E-state index contributed by atoms with van der Waals surface area (Å²) < 4.78 is 0. The lowest BCUT2D eigenvalue weighted by molar-refractivity contribution is 0.0943. The molecule has 1 aromatic heterocycles. The van der Waals surface area contributed by atoms with Crippen LogP contribution in [0.15, 0.2) is 16.9 Å². The van der Waals surface area contributed by atoms with E-state index in [1.165, 1.54) is 12.1 Å². The van der Waals surface area contributed by atoms with E-state index in [0.717, 1.165) is 25.7 Å². The fourth-order valence-electron chi connectivity index (χ4n) is 1.99. The van der Waals surface area contributed by atoms with Crippen molar-refractivity contribution in [3.05, 3.63) is 33.7 Å². The lowest BCUT2D eigenvalue weighted by Crippen LogP contribution is -2.28. The van der Waals surface area contributed by atoms with E-state index in [1.807, 2.05) is 0 Å². The summed E-state index contributed by atoms with van der Waals surface area (Å²) >= 11 is 0. The van der Waals surface area contributed by atoms with Crippen LogP contribution in [0.1, 0.15) is 41.7 Å². The smallest absolute Gasteiger partial charge is 0.253 e. The molecule has 0 saturated heterocycles. The minimum atomic E-state index is -0.271. The van der Waals surface area contributed by atoms with Crippen molar-refractivity contribution in [3.8, 4) is 0 Å². The van der Waals surface area contributed by atoms with Crippen LogP contribution in [0.4, 0.5) is 0 Å². The van der Waals surface area contributed by atoms with Crippen molar-refractivity contribution in [1.29, 1.82) is 0 Å². The molecule has 112 valence electrons. The van der Waals surface area contributed by atoms with Gasteiger partial charge in [-0.3, -0.25) is 9.59 Å². The second kappa shape index (κ2) is 9.28. The number of aromatic nitrogens is 1. The van der Waals surface area contributed by atoms with Gasteiger partial charge in [-0.05, 0) is 31.9 Å². The number of amides is 1. The van der Waals surface area contributed by atoms with Crippen molar-refractivity contribution in [1.82, 2.24) is 10.3 Å². The number of unbranched alkanes of at least 4 members (excludes halogenated alkanes) is 3. The minimum Gasteiger partial charge on any atom is -0.395 e. The number of pyridine rings is 1. The van der Waals surface area contributed by atoms with E-state index in [1.54, 1.807) is 0 Å². The number of aromatic amines is 1. The van der Waals surface area contributed by atoms with Crippen LogP contribution in [-0.2, 0) is 6.42 Å². The Labute approximate surface area is 118 Å². The van der Waals surface area contributed by atoms with Gasteiger partial charge in [0, 0.05) is 18.3 Å². The summed E-state index contributed by atoms with van der Waals surface area (Å²) in [5.74, 6) is -0.271. The van der Waals surface area contributed by atoms with E-state index in [-0.39, 0.29) is 24.6 Å². The molecule has 0 aliphatic heterocycles. The van der Waals surface area contributed by atoms with Gasteiger partial charge in [0.1, 0.15) is 0 Å². The van der Waals surface area contributed by atoms with Crippen molar-refractivity contribution in [2.75, 3.05) is 19.7 Å². The molecule has 1 rings (SSSR count). The van der Waals surface area contributed by atoms with Gasteiger partial charge in [0.2, 0.25) is 5.56 Å². The summed E-state index contributed by atoms with van der Waals surface area (Å²) in [7, 11) is 0. The van der Waals surface area contributed by atoms with E-state index in [2.05, 4.69) is 10.3 Å². The highest BCUT2D eigenvalue weighted by atomic mass is 16.3. The molecule has 0 aromatic carbocycles. The molecule has 0 radical (unpaired) electrons.